The van der Waals surface area contributed by atoms with Crippen LogP contribution in [0.25, 0.3) is 11.0 Å². The van der Waals surface area contributed by atoms with Crippen molar-refractivity contribution in [2.24, 2.45) is 0 Å². The Balaban J connectivity index is 1.29. The highest BCUT2D eigenvalue weighted by atomic mass is 16.5. The molecule has 3 aromatic carbocycles. The molecule has 0 unspecified atom stereocenters. The van der Waals surface area contributed by atoms with Crippen LogP contribution in [0.5, 0.6) is 11.5 Å². The Morgan fingerprint density at radius 3 is 2.63 bits per heavy atom. The lowest BCUT2D eigenvalue weighted by Gasteiger charge is -2.11. The fourth-order valence-electron chi connectivity index (χ4n) is 4.16. The summed E-state index contributed by atoms with van der Waals surface area (Å²) >= 11 is 0. The molecular formula is C29H33N3O3. The number of methoxy groups -OCH3 is 1. The van der Waals surface area contributed by atoms with E-state index < -0.39 is 0 Å². The minimum absolute atomic E-state index is 0.0294. The number of hydrogen-bond donors (Lipinski definition) is 1. The molecule has 4 aromatic rings. The second-order valence-electron chi connectivity index (χ2n) is 8.63. The van der Waals surface area contributed by atoms with Crippen LogP contribution in [-0.2, 0) is 13.0 Å². The Bertz CT molecular complexity index is 1270. The average molecular weight is 472 g/mol. The number of benzene rings is 3. The van der Waals surface area contributed by atoms with Gasteiger partial charge in [0, 0.05) is 31.1 Å². The first kappa shape index (κ1) is 24.3. The first-order chi connectivity index (χ1) is 17.1. The zero-order valence-corrected chi connectivity index (χ0v) is 20.5. The number of ether oxygens (including phenoxy) is 2. The normalized spacial score (nSPS) is 10.9. The summed E-state index contributed by atoms with van der Waals surface area (Å²) in [6.45, 7) is 4.14. The molecule has 0 saturated carbocycles. The van der Waals surface area contributed by atoms with Gasteiger partial charge in [-0.2, -0.15) is 0 Å². The number of nitrogens with zero attached hydrogens (tertiary/aromatic N) is 2. The molecule has 6 heteroatoms. The van der Waals surface area contributed by atoms with Gasteiger partial charge in [0.05, 0.1) is 24.8 Å². The summed E-state index contributed by atoms with van der Waals surface area (Å²) in [5.41, 5.74) is 3.95. The molecule has 0 bridgehead atoms. The number of unbranched alkanes of at least 4 members (excludes halogenated alkanes) is 1. The highest BCUT2D eigenvalue weighted by Crippen LogP contribution is 2.20. The molecule has 6 nitrogen and oxygen atoms in total. The SMILES string of the molecule is COc1cccc(OCCCCn2c(CCCNC(=O)c3cccc(C)c3)nc3ccccc32)c1. The third-order valence-electron chi connectivity index (χ3n) is 5.96. The number of hydrogen-bond acceptors (Lipinski definition) is 4. The summed E-state index contributed by atoms with van der Waals surface area (Å²) in [6.07, 6.45) is 3.57. The van der Waals surface area contributed by atoms with E-state index in [1.165, 1.54) is 0 Å². The summed E-state index contributed by atoms with van der Waals surface area (Å²) < 4.78 is 13.4. The number of carbonyl (C=O) groups is 1. The number of rotatable bonds is 12. The fraction of sp³-hybridized carbons (Fsp3) is 0.310. The van der Waals surface area contributed by atoms with E-state index in [4.69, 9.17) is 14.5 Å². The molecular weight excluding hydrogens is 438 g/mol. The maximum Gasteiger partial charge on any atom is 0.251 e. The molecule has 1 aromatic heterocycles. The highest BCUT2D eigenvalue weighted by Gasteiger charge is 2.11. The molecule has 0 aliphatic heterocycles. The van der Waals surface area contributed by atoms with E-state index in [0.29, 0.717) is 18.7 Å². The molecule has 182 valence electrons. The fourth-order valence-corrected chi connectivity index (χ4v) is 4.16. The van der Waals surface area contributed by atoms with Crippen LogP contribution in [0.2, 0.25) is 0 Å². The maximum absolute atomic E-state index is 12.4. The van der Waals surface area contributed by atoms with Gasteiger partial charge in [-0.1, -0.05) is 35.9 Å². The summed E-state index contributed by atoms with van der Waals surface area (Å²) in [7, 11) is 1.66. The van der Waals surface area contributed by atoms with E-state index in [1.54, 1.807) is 7.11 Å². The smallest absolute Gasteiger partial charge is 0.251 e. The van der Waals surface area contributed by atoms with Gasteiger partial charge in [-0.15, -0.1) is 0 Å². The van der Waals surface area contributed by atoms with Crippen molar-refractivity contribution >= 4 is 16.9 Å². The van der Waals surface area contributed by atoms with E-state index in [0.717, 1.165) is 66.1 Å². The predicted molar refractivity (Wildman–Crippen MR) is 139 cm³/mol. The van der Waals surface area contributed by atoms with E-state index >= 15 is 0 Å². The predicted octanol–water partition coefficient (Wildman–Crippen LogP) is 5.58. The molecule has 1 amide bonds. The molecule has 0 aliphatic carbocycles. The maximum atomic E-state index is 12.4. The van der Waals surface area contributed by atoms with Crippen molar-refractivity contribution in [2.45, 2.75) is 39.2 Å². The number of aryl methyl sites for hydroxylation is 3. The van der Waals surface area contributed by atoms with Crippen LogP contribution in [0.3, 0.4) is 0 Å². The zero-order chi connectivity index (χ0) is 24.5. The van der Waals surface area contributed by atoms with Crippen molar-refractivity contribution in [1.82, 2.24) is 14.9 Å². The van der Waals surface area contributed by atoms with Crippen LogP contribution in [0.4, 0.5) is 0 Å². The molecule has 0 saturated heterocycles. The second kappa shape index (κ2) is 12.1. The minimum Gasteiger partial charge on any atom is -0.497 e. The Morgan fingerprint density at radius 1 is 0.943 bits per heavy atom. The average Bonchev–Trinajstić information content (AvgIpc) is 3.23. The van der Waals surface area contributed by atoms with Crippen LogP contribution in [-0.4, -0.2) is 35.7 Å². The molecule has 35 heavy (non-hydrogen) atoms. The lowest BCUT2D eigenvalue weighted by atomic mass is 10.1. The van der Waals surface area contributed by atoms with Crippen molar-refractivity contribution in [3.05, 3.63) is 89.7 Å². The molecule has 0 atom stereocenters. The number of carbonyl (C=O) groups excluding carboxylic acids is 1. The molecule has 0 spiro atoms. The molecule has 1 N–H and O–H groups in total. The Kier molecular flexibility index (Phi) is 8.39. The molecule has 4 rings (SSSR count). The van der Waals surface area contributed by atoms with E-state index in [1.807, 2.05) is 61.5 Å². The minimum atomic E-state index is -0.0294. The van der Waals surface area contributed by atoms with E-state index in [9.17, 15) is 4.79 Å². The molecule has 0 fully saturated rings. The molecule has 0 radical (unpaired) electrons. The lowest BCUT2D eigenvalue weighted by Crippen LogP contribution is -2.25. The standard InChI is InChI=1S/C29H33N3O3/c1-22-10-7-11-23(20-22)29(33)30-17-9-16-28-31-26-14-3-4-15-27(26)32(28)18-5-6-19-35-25-13-8-12-24(21-25)34-2/h3-4,7-8,10-15,20-21H,5-6,9,16-19H2,1-2H3,(H,30,33). The quantitative estimate of drug-likeness (QED) is 0.274. The topological polar surface area (TPSA) is 65.4 Å². The summed E-state index contributed by atoms with van der Waals surface area (Å²) in [4.78, 5) is 17.3. The molecule has 0 aliphatic rings. The van der Waals surface area contributed by atoms with Crippen LogP contribution < -0.4 is 14.8 Å². The Labute approximate surface area is 206 Å². The Hall–Kier alpha value is -3.80. The van der Waals surface area contributed by atoms with Gasteiger partial charge in [0.25, 0.3) is 5.91 Å². The lowest BCUT2D eigenvalue weighted by molar-refractivity contribution is 0.0953. The summed E-state index contributed by atoms with van der Waals surface area (Å²) in [5, 5.41) is 3.03. The van der Waals surface area contributed by atoms with Crippen molar-refractivity contribution in [1.29, 1.82) is 0 Å². The van der Waals surface area contributed by atoms with Gasteiger partial charge in [-0.25, -0.2) is 4.98 Å². The van der Waals surface area contributed by atoms with Gasteiger partial charge in [0.15, 0.2) is 0 Å². The van der Waals surface area contributed by atoms with Gasteiger partial charge in [0.2, 0.25) is 0 Å². The first-order valence-electron chi connectivity index (χ1n) is 12.2. The number of aromatic nitrogens is 2. The van der Waals surface area contributed by atoms with Gasteiger partial charge in [-0.05, 0) is 62.6 Å². The van der Waals surface area contributed by atoms with Crippen molar-refractivity contribution in [3.63, 3.8) is 0 Å². The van der Waals surface area contributed by atoms with Crippen LogP contribution in [0.1, 0.15) is 41.0 Å². The summed E-state index contributed by atoms with van der Waals surface area (Å²) in [5.74, 6) is 2.65. The largest absolute Gasteiger partial charge is 0.497 e. The van der Waals surface area contributed by atoms with E-state index in [2.05, 4.69) is 28.1 Å². The van der Waals surface area contributed by atoms with Crippen LogP contribution in [0, 0.1) is 6.92 Å². The highest BCUT2D eigenvalue weighted by molar-refractivity contribution is 5.94. The number of fused-ring (bicyclic) bond motifs is 1. The molecule has 1 heterocycles. The third-order valence-corrected chi connectivity index (χ3v) is 5.96. The van der Waals surface area contributed by atoms with E-state index in [-0.39, 0.29) is 5.91 Å². The first-order valence-corrected chi connectivity index (χ1v) is 12.2. The Morgan fingerprint density at radius 2 is 1.77 bits per heavy atom. The van der Waals surface area contributed by atoms with Crippen LogP contribution >= 0.6 is 0 Å². The summed E-state index contributed by atoms with van der Waals surface area (Å²) in [6, 6.07) is 23.6. The van der Waals surface area contributed by atoms with Crippen LogP contribution in [0.15, 0.2) is 72.8 Å². The zero-order valence-electron chi connectivity index (χ0n) is 20.5. The number of para-hydroxylation sites is 2. The third kappa shape index (κ3) is 6.63. The number of amides is 1. The monoisotopic (exact) mass is 471 g/mol. The van der Waals surface area contributed by atoms with Gasteiger partial charge in [0.1, 0.15) is 17.3 Å². The number of nitrogens with one attached hydrogen (secondary N) is 1. The van der Waals surface area contributed by atoms with Crippen molar-refractivity contribution in [2.75, 3.05) is 20.3 Å². The van der Waals surface area contributed by atoms with Gasteiger partial charge >= 0.3 is 0 Å². The van der Waals surface area contributed by atoms with Gasteiger partial charge < -0.3 is 19.4 Å². The van der Waals surface area contributed by atoms with Crippen molar-refractivity contribution in [3.8, 4) is 11.5 Å². The second-order valence-corrected chi connectivity index (χ2v) is 8.63. The van der Waals surface area contributed by atoms with Gasteiger partial charge in [-0.3, -0.25) is 4.79 Å². The number of imidazole rings is 1. The van der Waals surface area contributed by atoms with Crippen molar-refractivity contribution < 1.29 is 14.3 Å².